The Balaban J connectivity index is 1.96. The van der Waals surface area contributed by atoms with E-state index in [9.17, 15) is 8.78 Å². The van der Waals surface area contributed by atoms with E-state index in [2.05, 4.69) is 0 Å². The van der Waals surface area contributed by atoms with Gasteiger partial charge in [-0.05, 0) is 34.4 Å². The van der Waals surface area contributed by atoms with E-state index in [0.29, 0.717) is 0 Å². The summed E-state index contributed by atoms with van der Waals surface area (Å²) in [6.07, 6.45) is 0. The van der Waals surface area contributed by atoms with Gasteiger partial charge in [-0.15, -0.1) is 0 Å². The minimum atomic E-state index is -2.75. The Kier molecular flexibility index (Phi) is 2.49. The van der Waals surface area contributed by atoms with E-state index in [4.69, 9.17) is 0 Å². The molecule has 0 nitrogen and oxygen atoms in total. The van der Waals surface area contributed by atoms with Gasteiger partial charge in [-0.2, -0.15) is 8.78 Å². The van der Waals surface area contributed by atoms with Crippen LogP contribution in [0.4, 0.5) is 8.78 Å². The predicted molar refractivity (Wildman–Crippen MR) is 80.3 cm³/mol. The van der Waals surface area contributed by atoms with Gasteiger partial charge in [0.15, 0.2) is 0 Å². The van der Waals surface area contributed by atoms with Crippen LogP contribution in [-0.2, 0) is 5.92 Å². The molecule has 0 saturated heterocycles. The summed E-state index contributed by atoms with van der Waals surface area (Å²) in [7, 11) is 0. The van der Waals surface area contributed by atoms with Crippen molar-refractivity contribution in [3.8, 4) is 22.3 Å². The van der Waals surface area contributed by atoms with Crippen LogP contribution < -0.4 is 0 Å². The summed E-state index contributed by atoms with van der Waals surface area (Å²) in [5.74, 6) is -2.75. The van der Waals surface area contributed by atoms with Crippen molar-refractivity contribution in [2.75, 3.05) is 0 Å². The number of rotatable bonds is 2. The van der Waals surface area contributed by atoms with Crippen molar-refractivity contribution in [1.29, 1.82) is 0 Å². The third-order valence-corrected chi connectivity index (χ3v) is 3.94. The molecule has 0 atom stereocenters. The van der Waals surface area contributed by atoms with Crippen molar-refractivity contribution in [1.82, 2.24) is 0 Å². The molecule has 0 heterocycles. The highest BCUT2D eigenvalue weighted by Crippen LogP contribution is 2.55. The van der Waals surface area contributed by atoms with E-state index in [-0.39, 0.29) is 11.1 Å². The number of fused-ring (bicyclic) bond motifs is 1. The number of hydrogen-bond donors (Lipinski definition) is 0. The Morgan fingerprint density at radius 1 is 0.571 bits per heavy atom. The Morgan fingerprint density at radius 3 is 1.33 bits per heavy atom. The van der Waals surface area contributed by atoms with E-state index in [1.54, 1.807) is 12.1 Å². The highest BCUT2D eigenvalue weighted by atomic mass is 19.3. The lowest BCUT2D eigenvalue weighted by Crippen LogP contribution is -1.84. The molecule has 0 fully saturated rings. The molecule has 0 radical (unpaired) electrons. The third kappa shape index (κ3) is 1.87. The second-order valence-electron chi connectivity index (χ2n) is 5.25. The molecule has 2 heteroatoms. The fraction of sp³-hybridized carbons (Fsp3) is 0.0526. The molecule has 1 aliphatic carbocycles. The fourth-order valence-corrected chi connectivity index (χ4v) is 2.76. The minimum Gasteiger partial charge on any atom is -0.196 e. The molecule has 0 aliphatic heterocycles. The molecule has 0 saturated carbocycles. The van der Waals surface area contributed by atoms with E-state index in [0.717, 1.165) is 22.3 Å². The number of halogens is 2. The maximum Gasteiger partial charge on any atom is 0.299 e. The highest BCUT2D eigenvalue weighted by Gasteiger charge is 2.53. The second kappa shape index (κ2) is 4.26. The maximum atomic E-state index is 13.7. The summed E-state index contributed by atoms with van der Waals surface area (Å²) in [4.78, 5) is 0. The van der Waals surface area contributed by atoms with Gasteiger partial charge in [0.25, 0.3) is 5.92 Å². The minimum absolute atomic E-state index is 0.154. The topological polar surface area (TPSA) is 0 Å². The maximum absolute atomic E-state index is 13.7. The van der Waals surface area contributed by atoms with Crippen LogP contribution >= 0.6 is 0 Å². The molecule has 21 heavy (non-hydrogen) atoms. The second-order valence-corrected chi connectivity index (χ2v) is 5.25. The standard InChI is InChI=1S/C19H12F2/c20-19(21)17-11-15(13-7-3-1-4-8-13)16(12-18(17)19)14-9-5-2-6-10-14/h1-12H. The van der Waals surface area contributed by atoms with Crippen LogP contribution in [0.25, 0.3) is 22.3 Å². The zero-order valence-corrected chi connectivity index (χ0v) is 11.2. The first-order chi connectivity index (χ1) is 10.2. The van der Waals surface area contributed by atoms with Gasteiger partial charge < -0.3 is 0 Å². The van der Waals surface area contributed by atoms with Crippen molar-refractivity contribution in [2.24, 2.45) is 0 Å². The van der Waals surface area contributed by atoms with Crippen LogP contribution in [0.2, 0.25) is 0 Å². The van der Waals surface area contributed by atoms with E-state index in [1.165, 1.54) is 0 Å². The highest BCUT2D eigenvalue weighted by molar-refractivity contribution is 5.87. The summed E-state index contributed by atoms with van der Waals surface area (Å²) in [6, 6.07) is 22.6. The van der Waals surface area contributed by atoms with Gasteiger partial charge in [0.2, 0.25) is 0 Å². The van der Waals surface area contributed by atoms with Crippen LogP contribution in [0.15, 0.2) is 72.8 Å². The Labute approximate surface area is 121 Å². The molecule has 102 valence electrons. The molecule has 3 aromatic rings. The lowest BCUT2D eigenvalue weighted by atomic mass is 9.95. The van der Waals surface area contributed by atoms with Gasteiger partial charge in [-0.1, -0.05) is 60.7 Å². The average molecular weight is 278 g/mol. The molecule has 0 amide bonds. The zero-order valence-electron chi connectivity index (χ0n) is 11.2. The number of alkyl halides is 2. The first-order valence-electron chi connectivity index (χ1n) is 6.85. The predicted octanol–water partition coefficient (Wildman–Crippen LogP) is 5.47. The lowest BCUT2D eigenvalue weighted by molar-refractivity contribution is 0.0990. The summed E-state index contributed by atoms with van der Waals surface area (Å²) >= 11 is 0. The van der Waals surface area contributed by atoms with Crippen LogP contribution in [0.3, 0.4) is 0 Å². The van der Waals surface area contributed by atoms with Crippen LogP contribution in [-0.4, -0.2) is 0 Å². The summed E-state index contributed by atoms with van der Waals surface area (Å²) in [5.41, 5.74) is 3.95. The lowest BCUT2D eigenvalue weighted by Gasteiger charge is -2.09. The zero-order chi connectivity index (χ0) is 14.4. The summed E-state index contributed by atoms with van der Waals surface area (Å²) in [5, 5.41) is 0. The molecule has 0 spiro atoms. The first kappa shape index (κ1) is 12.3. The Morgan fingerprint density at radius 2 is 0.952 bits per heavy atom. The number of benzene rings is 3. The molecular formula is C19H12F2. The molecule has 1 aliphatic rings. The first-order valence-corrected chi connectivity index (χ1v) is 6.85. The van der Waals surface area contributed by atoms with Gasteiger partial charge in [-0.3, -0.25) is 0 Å². The monoisotopic (exact) mass is 278 g/mol. The van der Waals surface area contributed by atoms with Gasteiger partial charge in [-0.25, -0.2) is 0 Å². The van der Waals surface area contributed by atoms with Crippen molar-refractivity contribution in [3.05, 3.63) is 83.9 Å². The molecule has 0 aromatic heterocycles. The molecule has 0 unspecified atom stereocenters. The normalized spacial score (nSPS) is 14.6. The molecule has 3 aromatic carbocycles. The molecular weight excluding hydrogens is 266 g/mol. The van der Waals surface area contributed by atoms with Gasteiger partial charge >= 0.3 is 0 Å². The van der Waals surface area contributed by atoms with Gasteiger partial charge in [0.05, 0.1) is 0 Å². The molecule has 0 bridgehead atoms. The largest absolute Gasteiger partial charge is 0.299 e. The van der Waals surface area contributed by atoms with E-state index in [1.807, 2.05) is 60.7 Å². The quantitative estimate of drug-likeness (QED) is 0.582. The van der Waals surface area contributed by atoms with Gasteiger partial charge in [0.1, 0.15) is 0 Å². The fourth-order valence-electron chi connectivity index (χ4n) is 2.76. The van der Waals surface area contributed by atoms with Crippen LogP contribution in [0.5, 0.6) is 0 Å². The SMILES string of the molecule is FC1(F)c2cc(-c3ccccc3)c(-c3ccccc3)cc21. The van der Waals surface area contributed by atoms with Crippen LogP contribution in [0.1, 0.15) is 11.1 Å². The summed E-state index contributed by atoms with van der Waals surface area (Å²) in [6.45, 7) is 0. The van der Waals surface area contributed by atoms with Crippen molar-refractivity contribution in [3.63, 3.8) is 0 Å². The van der Waals surface area contributed by atoms with E-state index < -0.39 is 5.92 Å². The summed E-state index contributed by atoms with van der Waals surface area (Å²) < 4.78 is 27.4. The number of hydrogen-bond acceptors (Lipinski definition) is 0. The smallest absolute Gasteiger partial charge is 0.196 e. The molecule has 4 rings (SSSR count). The average Bonchev–Trinajstić information content (AvgIpc) is 3.09. The molecule has 0 N–H and O–H groups in total. The van der Waals surface area contributed by atoms with Crippen LogP contribution in [0, 0.1) is 0 Å². The van der Waals surface area contributed by atoms with Crippen molar-refractivity contribution < 1.29 is 8.78 Å². The Bertz CT molecular complexity index is 737. The van der Waals surface area contributed by atoms with Crippen molar-refractivity contribution in [2.45, 2.75) is 5.92 Å². The third-order valence-electron chi connectivity index (χ3n) is 3.94. The Hall–Kier alpha value is -2.48. The van der Waals surface area contributed by atoms with E-state index >= 15 is 0 Å². The van der Waals surface area contributed by atoms with Gasteiger partial charge in [0, 0.05) is 11.1 Å². The van der Waals surface area contributed by atoms with Crippen molar-refractivity contribution >= 4 is 0 Å².